The maximum Gasteiger partial charge on any atom is 0.0219 e. The number of thioether (sulfide) groups is 1. The lowest BCUT2D eigenvalue weighted by molar-refractivity contribution is 0.555. The van der Waals surface area contributed by atoms with Gasteiger partial charge >= 0.3 is 0 Å². The highest BCUT2D eigenvalue weighted by atomic mass is 32.2. The Labute approximate surface area is 113 Å². The summed E-state index contributed by atoms with van der Waals surface area (Å²) in [5, 5.41) is 3.67. The molecular formula is C16H17NS. The van der Waals surface area contributed by atoms with Crippen molar-refractivity contribution in [3.05, 3.63) is 65.7 Å². The van der Waals surface area contributed by atoms with Gasteiger partial charge in [0.05, 0.1) is 0 Å². The summed E-state index contributed by atoms with van der Waals surface area (Å²) in [6, 6.07) is 20.0. The van der Waals surface area contributed by atoms with E-state index in [1.54, 1.807) is 0 Å². The highest BCUT2D eigenvalue weighted by molar-refractivity contribution is 7.99. The molecule has 0 aliphatic carbocycles. The molecular weight excluding hydrogens is 238 g/mol. The number of rotatable bonds is 2. The van der Waals surface area contributed by atoms with Crippen molar-refractivity contribution < 1.29 is 0 Å². The van der Waals surface area contributed by atoms with Crippen LogP contribution in [0.25, 0.3) is 0 Å². The number of hydrogen-bond acceptors (Lipinski definition) is 2. The Hall–Kier alpha value is -1.25. The lowest BCUT2D eigenvalue weighted by Gasteiger charge is -2.15. The van der Waals surface area contributed by atoms with Crippen molar-refractivity contribution in [1.82, 2.24) is 5.32 Å². The summed E-state index contributed by atoms with van der Waals surface area (Å²) in [4.78, 5) is 1.43. The molecule has 1 heterocycles. The van der Waals surface area contributed by atoms with Gasteiger partial charge in [-0.3, -0.25) is 0 Å². The lowest BCUT2D eigenvalue weighted by Crippen LogP contribution is -2.31. The van der Waals surface area contributed by atoms with Crippen molar-refractivity contribution in [2.75, 3.05) is 5.75 Å². The predicted octanol–water partition coefficient (Wildman–Crippen LogP) is 3.49. The van der Waals surface area contributed by atoms with Crippen molar-refractivity contribution in [3.63, 3.8) is 0 Å². The van der Waals surface area contributed by atoms with Crippen molar-refractivity contribution in [2.45, 2.75) is 23.9 Å². The minimum absolute atomic E-state index is 0.560. The van der Waals surface area contributed by atoms with Gasteiger partial charge < -0.3 is 5.32 Å². The van der Waals surface area contributed by atoms with Gasteiger partial charge in [-0.05, 0) is 23.6 Å². The Kier molecular flexibility index (Phi) is 3.67. The van der Waals surface area contributed by atoms with Crippen LogP contribution in [0.1, 0.15) is 11.1 Å². The summed E-state index contributed by atoms with van der Waals surface area (Å²) >= 11 is 1.97. The van der Waals surface area contributed by atoms with E-state index < -0.39 is 0 Å². The van der Waals surface area contributed by atoms with Crippen LogP contribution in [-0.2, 0) is 13.0 Å². The van der Waals surface area contributed by atoms with Gasteiger partial charge in [0.25, 0.3) is 0 Å². The topological polar surface area (TPSA) is 12.0 Å². The molecule has 2 aromatic rings. The van der Waals surface area contributed by atoms with E-state index in [-0.39, 0.29) is 0 Å². The molecule has 0 aromatic heterocycles. The zero-order chi connectivity index (χ0) is 12.2. The third-order valence-electron chi connectivity index (χ3n) is 3.32. The van der Waals surface area contributed by atoms with Gasteiger partial charge in [-0.1, -0.05) is 48.5 Å². The fourth-order valence-electron chi connectivity index (χ4n) is 2.32. The third-order valence-corrected chi connectivity index (χ3v) is 4.60. The van der Waals surface area contributed by atoms with Crippen LogP contribution in [0.4, 0.5) is 0 Å². The monoisotopic (exact) mass is 255 g/mol. The van der Waals surface area contributed by atoms with Gasteiger partial charge in [0, 0.05) is 23.2 Å². The molecule has 18 heavy (non-hydrogen) atoms. The van der Waals surface area contributed by atoms with Crippen LogP contribution in [0.2, 0.25) is 0 Å². The van der Waals surface area contributed by atoms with Crippen LogP contribution in [0, 0.1) is 0 Å². The first kappa shape index (κ1) is 11.8. The first-order chi connectivity index (χ1) is 8.92. The number of hydrogen-bond donors (Lipinski definition) is 1. The van der Waals surface area contributed by atoms with Crippen LogP contribution in [0.5, 0.6) is 0 Å². The van der Waals surface area contributed by atoms with E-state index in [1.165, 1.54) is 16.0 Å². The minimum atomic E-state index is 0.560. The Bertz CT molecular complexity index is 483. The molecule has 0 unspecified atom stereocenters. The quantitative estimate of drug-likeness (QED) is 0.881. The molecule has 1 aliphatic rings. The SMILES string of the molecule is c1ccc(C[C@@H]2CSc3ccccc3CN2)cc1. The molecule has 3 rings (SSSR count). The average Bonchev–Trinajstić information content (AvgIpc) is 2.63. The standard InChI is InChI=1S/C16H17NS/c1-2-6-13(7-3-1)10-15-12-18-16-9-5-4-8-14(16)11-17-15/h1-9,15,17H,10-12H2/t15-/m1/s1. The molecule has 0 saturated heterocycles. The van der Waals surface area contributed by atoms with Crippen LogP contribution in [0.3, 0.4) is 0 Å². The summed E-state index contributed by atoms with van der Waals surface area (Å²) < 4.78 is 0. The van der Waals surface area contributed by atoms with Crippen molar-refractivity contribution in [2.24, 2.45) is 0 Å². The molecule has 2 heteroatoms. The second-order valence-corrected chi connectivity index (χ2v) is 5.75. The molecule has 0 bridgehead atoms. The maximum atomic E-state index is 3.67. The average molecular weight is 255 g/mol. The first-order valence-corrected chi connectivity index (χ1v) is 7.38. The molecule has 1 aliphatic heterocycles. The molecule has 0 radical (unpaired) electrons. The summed E-state index contributed by atoms with van der Waals surface area (Å²) in [7, 11) is 0. The first-order valence-electron chi connectivity index (χ1n) is 6.40. The minimum Gasteiger partial charge on any atom is -0.309 e. The molecule has 1 N–H and O–H groups in total. The fraction of sp³-hybridized carbons (Fsp3) is 0.250. The van der Waals surface area contributed by atoms with Crippen molar-refractivity contribution in [3.8, 4) is 0 Å². The van der Waals surface area contributed by atoms with E-state index in [0.717, 1.165) is 18.7 Å². The molecule has 1 nitrogen and oxygen atoms in total. The van der Waals surface area contributed by atoms with E-state index in [0.29, 0.717) is 6.04 Å². The van der Waals surface area contributed by atoms with Crippen LogP contribution in [0.15, 0.2) is 59.5 Å². The largest absolute Gasteiger partial charge is 0.309 e. The van der Waals surface area contributed by atoms with Crippen LogP contribution < -0.4 is 5.32 Å². The van der Waals surface area contributed by atoms with Gasteiger partial charge in [-0.25, -0.2) is 0 Å². The Balaban J connectivity index is 1.68. The van der Waals surface area contributed by atoms with E-state index >= 15 is 0 Å². The number of nitrogens with one attached hydrogen (secondary N) is 1. The van der Waals surface area contributed by atoms with Crippen LogP contribution in [-0.4, -0.2) is 11.8 Å². The van der Waals surface area contributed by atoms with Gasteiger partial charge in [-0.15, -0.1) is 11.8 Å². The molecule has 0 spiro atoms. The molecule has 1 atom stereocenters. The molecule has 92 valence electrons. The van der Waals surface area contributed by atoms with E-state index in [1.807, 2.05) is 11.8 Å². The zero-order valence-corrected chi connectivity index (χ0v) is 11.1. The van der Waals surface area contributed by atoms with Gasteiger partial charge in [0.1, 0.15) is 0 Å². The van der Waals surface area contributed by atoms with Crippen molar-refractivity contribution >= 4 is 11.8 Å². The number of benzene rings is 2. The van der Waals surface area contributed by atoms with E-state index in [2.05, 4.69) is 59.9 Å². The second kappa shape index (κ2) is 5.59. The molecule has 0 fully saturated rings. The fourth-order valence-corrected chi connectivity index (χ4v) is 3.44. The van der Waals surface area contributed by atoms with Gasteiger partial charge in [0.15, 0.2) is 0 Å². The molecule has 0 amide bonds. The predicted molar refractivity (Wildman–Crippen MR) is 77.9 cm³/mol. The maximum absolute atomic E-state index is 3.67. The van der Waals surface area contributed by atoms with E-state index in [4.69, 9.17) is 0 Å². The Morgan fingerprint density at radius 1 is 1.00 bits per heavy atom. The Morgan fingerprint density at radius 3 is 2.67 bits per heavy atom. The highest BCUT2D eigenvalue weighted by Gasteiger charge is 2.15. The Morgan fingerprint density at radius 2 is 1.78 bits per heavy atom. The van der Waals surface area contributed by atoms with Gasteiger partial charge in [-0.2, -0.15) is 0 Å². The second-order valence-electron chi connectivity index (χ2n) is 4.69. The summed E-state index contributed by atoms with van der Waals surface area (Å²) in [6.07, 6.45) is 1.11. The zero-order valence-electron chi connectivity index (χ0n) is 10.3. The smallest absolute Gasteiger partial charge is 0.0219 e. The summed E-state index contributed by atoms with van der Waals surface area (Å²) in [5.74, 6) is 1.14. The normalized spacial score (nSPS) is 19.0. The molecule has 2 aromatic carbocycles. The van der Waals surface area contributed by atoms with E-state index in [9.17, 15) is 0 Å². The summed E-state index contributed by atoms with van der Waals surface area (Å²) in [6.45, 7) is 0.987. The van der Waals surface area contributed by atoms with Gasteiger partial charge in [0.2, 0.25) is 0 Å². The summed E-state index contributed by atoms with van der Waals surface area (Å²) in [5.41, 5.74) is 2.85. The third kappa shape index (κ3) is 2.77. The number of fused-ring (bicyclic) bond motifs is 1. The van der Waals surface area contributed by atoms with Crippen molar-refractivity contribution in [1.29, 1.82) is 0 Å². The lowest BCUT2D eigenvalue weighted by atomic mass is 10.1. The molecule has 0 saturated carbocycles. The highest BCUT2D eigenvalue weighted by Crippen LogP contribution is 2.26. The van der Waals surface area contributed by atoms with Crippen LogP contribution >= 0.6 is 11.8 Å².